The first kappa shape index (κ1) is 17.7. The molecule has 0 bridgehead atoms. The summed E-state index contributed by atoms with van der Waals surface area (Å²) in [6.07, 6.45) is 4.30. The Balaban J connectivity index is 2.08. The fourth-order valence-corrected chi connectivity index (χ4v) is 5.45. The average molecular weight is 334 g/mol. The summed E-state index contributed by atoms with van der Waals surface area (Å²) in [6, 6.07) is 0. The Bertz CT molecular complexity index is 603. The minimum atomic E-state index is -1.05. The second-order valence-corrected chi connectivity index (χ2v) is 9.09. The molecule has 0 aromatic rings. The van der Waals surface area contributed by atoms with E-state index in [0.717, 1.165) is 12.0 Å². The molecule has 4 atom stereocenters. The maximum absolute atomic E-state index is 13.2. The van der Waals surface area contributed by atoms with Gasteiger partial charge in [0.25, 0.3) is 0 Å². The Labute approximate surface area is 144 Å². The number of rotatable bonds is 1. The van der Waals surface area contributed by atoms with Crippen LogP contribution >= 0.6 is 0 Å². The number of esters is 1. The molecule has 0 unspecified atom stereocenters. The quantitative estimate of drug-likeness (QED) is 0.746. The van der Waals surface area contributed by atoms with E-state index in [1.165, 1.54) is 0 Å². The van der Waals surface area contributed by atoms with Crippen LogP contribution in [0.25, 0.3) is 0 Å². The Hall–Kier alpha value is -1.16. The van der Waals surface area contributed by atoms with Crippen molar-refractivity contribution in [2.75, 3.05) is 0 Å². The Morgan fingerprint density at radius 1 is 1.21 bits per heavy atom. The van der Waals surface area contributed by atoms with E-state index in [2.05, 4.69) is 20.8 Å². The highest BCUT2D eigenvalue weighted by Gasteiger charge is 2.67. The lowest BCUT2D eigenvalue weighted by atomic mass is 9.46. The zero-order valence-electron chi connectivity index (χ0n) is 15.5. The molecule has 3 aliphatic rings. The van der Waals surface area contributed by atoms with Crippen LogP contribution in [0.1, 0.15) is 66.7 Å². The predicted octanol–water partition coefficient (Wildman–Crippen LogP) is 3.42. The maximum atomic E-state index is 13.2. The number of carbonyl (C=O) groups excluding carboxylic acids is 2. The number of carbonyl (C=O) groups is 2. The summed E-state index contributed by atoms with van der Waals surface area (Å²) < 4.78 is 5.84. The average Bonchev–Trinajstić information content (AvgIpc) is 2.49. The van der Waals surface area contributed by atoms with Crippen LogP contribution in [0.2, 0.25) is 0 Å². The smallest absolute Gasteiger partial charge is 0.307 e. The molecule has 1 saturated heterocycles. The van der Waals surface area contributed by atoms with Gasteiger partial charge in [0, 0.05) is 11.8 Å². The van der Waals surface area contributed by atoms with E-state index in [1.54, 1.807) is 6.08 Å². The second-order valence-electron chi connectivity index (χ2n) is 9.09. The lowest BCUT2D eigenvalue weighted by Crippen LogP contribution is -2.68. The zero-order valence-corrected chi connectivity index (χ0v) is 15.5. The number of hydrogen-bond donors (Lipinski definition) is 1. The van der Waals surface area contributed by atoms with E-state index in [-0.39, 0.29) is 24.1 Å². The zero-order chi connectivity index (χ0) is 17.9. The monoisotopic (exact) mass is 334 g/mol. The third-order valence-electron chi connectivity index (χ3n) is 7.27. The molecule has 4 nitrogen and oxygen atoms in total. The van der Waals surface area contributed by atoms with Gasteiger partial charge in [-0.15, -0.1) is 0 Å². The number of allylic oxidation sites excluding steroid dienone is 1. The van der Waals surface area contributed by atoms with E-state index in [9.17, 15) is 14.7 Å². The van der Waals surface area contributed by atoms with Gasteiger partial charge in [0.05, 0.1) is 6.10 Å². The van der Waals surface area contributed by atoms with E-state index in [0.29, 0.717) is 25.2 Å². The van der Waals surface area contributed by atoms with Crippen LogP contribution in [0.5, 0.6) is 0 Å². The second kappa shape index (κ2) is 5.42. The first-order chi connectivity index (χ1) is 11.0. The summed E-state index contributed by atoms with van der Waals surface area (Å²) in [4.78, 5) is 25.6. The topological polar surface area (TPSA) is 63.6 Å². The summed E-state index contributed by atoms with van der Waals surface area (Å²) >= 11 is 0. The summed E-state index contributed by atoms with van der Waals surface area (Å²) in [7, 11) is 0. The van der Waals surface area contributed by atoms with E-state index >= 15 is 0 Å². The molecule has 3 rings (SSSR count). The molecule has 0 amide bonds. The van der Waals surface area contributed by atoms with Crippen molar-refractivity contribution in [3.8, 4) is 0 Å². The molecular formula is C20H30O4. The van der Waals surface area contributed by atoms with Gasteiger partial charge in [0.15, 0.2) is 11.4 Å². The molecule has 1 spiro atoms. The molecule has 0 aromatic heterocycles. The molecular weight excluding hydrogens is 304 g/mol. The molecule has 4 heteroatoms. The van der Waals surface area contributed by atoms with Crippen LogP contribution in [0.15, 0.2) is 11.6 Å². The molecule has 1 saturated carbocycles. The van der Waals surface area contributed by atoms with Crippen molar-refractivity contribution in [2.24, 2.45) is 22.7 Å². The van der Waals surface area contributed by atoms with Gasteiger partial charge < -0.3 is 9.84 Å². The SMILES string of the molecule is CC(C)C1=CC(=O)[C@@]2(CC1)OC(=O)C[C@@H]1C(C)(C)[C@H](O)CC[C@]12C. The first-order valence-electron chi connectivity index (χ1n) is 9.19. The first-order valence-corrected chi connectivity index (χ1v) is 9.19. The van der Waals surface area contributed by atoms with Crippen LogP contribution in [0.4, 0.5) is 0 Å². The van der Waals surface area contributed by atoms with E-state index < -0.39 is 22.5 Å². The standard InChI is InChI=1S/C20H30O4/c1-12(2)13-6-9-20(16(22)10-13)19(5)8-7-15(21)18(3,4)14(19)11-17(23)24-20/h10,12,14-15,21H,6-9,11H2,1-5H3/t14-,15-,19-,20-/m1/s1. The minimum Gasteiger partial charge on any atom is -0.450 e. The Morgan fingerprint density at radius 3 is 2.46 bits per heavy atom. The summed E-state index contributed by atoms with van der Waals surface area (Å²) in [6.45, 7) is 10.3. The van der Waals surface area contributed by atoms with Crippen molar-refractivity contribution in [3.05, 3.63) is 11.6 Å². The number of fused-ring (bicyclic) bond motifs is 2. The Morgan fingerprint density at radius 2 is 1.88 bits per heavy atom. The molecule has 0 radical (unpaired) electrons. The van der Waals surface area contributed by atoms with Crippen molar-refractivity contribution in [1.29, 1.82) is 0 Å². The van der Waals surface area contributed by atoms with Crippen LogP contribution in [-0.2, 0) is 14.3 Å². The Kier molecular flexibility index (Phi) is 3.99. The van der Waals surface area contributed by atoms with Crippen LogP contribution in [0, 0.1) is 22.7 Å². The van der Waals surface area contributed by atoms with E-state index in [1.807, 2.05) is 13.8 Å². The summed E-state index contributed by atoms with van der Waals surface area (Å²) in [5.74, 6) is -0.0636. The number of ether oxygens (including phenoxy) is 1. The lowest BCUT2D eigenvalue weighted by Gasteiger charge is -2.62. The fourth-order valence-electron chi connectivity index (χ4n) is 5.45. The predicted molar refractivity (Wildman–Crippen MR) is 91.2 cm³/mol. The molecule has 2 fully saturated rings. The fraction of sp³-hybridized carbons (Fsp3) is 0.800. The molecule has 24 heavy (non-hydrogen) atoms. The summed E-state index contributed by atoms with van der Waals surface area (Å²) in [5.41, 5.74) is -0.730. The molecule has 0 aromatic carbocycles. The van der Waals surface area contributed by atoms with Crippen molar-refractivity contribution in [2.45, 2.75) is 78.4 Å². The highest BCUT2D eigenvalue weighted by atomic mass is 16.6. The minimum absolute atomic E-state index is 0.0482. The van der Waals surface area contributed by atoms with Crippen molar-refractivity contribution in [3.63, 3.8) is 0 Å². The molecule has 2 aliphatic carbocycles. The maximum Gasteiger partial charge on any atom is 0.307 e. The highest BCUT2D eigenvalue weighted by molar-refractivity contribution is 6.01. The largest absolute Gasteiger partial charge is 0.450 e. The number of ketones is 1. The van der Waals surface area contributed by atoms with Crippen LogP contribution in [0.3, 0.4) is 0 Å². The number of aliphatic hydroxyl groups excluding tert-OH is 1. The van der Waals surface area contributed by atoms with Crippen molar-refractivity contribution in [1.82, 2.24) is 0 Å². The normalized spacial score (nSPS) is 41.9. The van der Waals surface area contributed by atoms with Gasteiger partial charge in [-0.2, -0.15) is 0 Å². The van der Waals surface area contributed by atoms with Gasteiger partial charge in [-0.1, -0.05) is 40.2 Å². The van der Waals surface area contributed by atoms with Gasteiger partial charge in [-0.25, -0.2) is 0 Å². The lowest BCUT2D eigenvalue weighted by molar-refractivity contribution is -0.235. The molecule has 1 N–H and O–H groups in total. The van der Waals surface area contributed by atoms with Crippen molar-refractivity contribution < 1.29 is 19.4 Å². The summed E-state index contributed by atoms with van der Waals surface area (Å²) in [5, 5.41) is 10.5. The number of aliphatic hydroxyl groups is 1. The van der Waals surface area contributed by atoms with Gasteiger partial charge >= 0.3 is 5.97 Å². The van der Waals surface area contributed by atoms with Crippen LogP contribution < -0.4 is 0 Å². The third kappa shape index (κ3) is 2.22. The molecule has 1 heterocycles. The van der Waals surface area contributed by atoms with Crippen molar-refractivity contribution >= 4 is 11.8 Å². The van der Waals surface area contributed by atoms with Gasteiger partial charge in [0.2, 0.25) is 0 Å². The third-order valence-corrected chi connectivity index (χ3v) is 7.27. The van der Waals surface area contributed by atoms with Gasteiger partial charge in [-0.3, -0.25) is 9.59 Å². The molecule has 1 aliphatic heterocycles. The van der Waals surface area contributed by atoms with E-state index in [4.69, 9.17) is 4.74 Å². The van der Waals surface area contributed by atoms with Crippen LogP contribution in [-0.4, -0.2) is 28.6 Å². The van der Waals surface area contributed by atoms with Gasteiger partial charge in [-0.05, 0) is 49.0 Å². The number of hydrogen-bond acceptors (Lipinski definition) is 4. The highest BCUT2D eigenvalue weighted by Crippen LogP contribution is 2.62. The molecule has 134 valence electrons. The van der Waals surface area contributed by atoms with Gasteiger partial charge in [0.1, 0.15) is 0 Å².